The number of nitrogens with one attached hydrogen (secondary N) is 1. The summed E-state index contributed by atoms with van der Waals surface area (Å²) >= 11 is 0. The molecular weight excluding hydrogens is 273 g/mol. The lowest BCUT2D eigenvalue weighted by atomic mass is 10.1. The zero-order valence-corrected chi connectivity index (χ0v) is 11.0. The van der Waals surface area contributed by atoms with Gasteiger partial charge in [0.1, 0.15) is 12.4 Å². The first-order valence-electron chi connectivity index (χ1n) is 6.32. The van der Waals surface area contributed by atoms with Gasteiger partial charge in [0.15, 0.2) is 0 Å². The fourth-order valence-electron chi connectivity index (χ4n) is 2.28. The molecule has 2 aromatic rings. The van der Waals surface area contributed by atoms with E-state index >= 15 is 0 Å². The first-order chi connectivity index (χ1) is 10.1. The number of carbonyl (C=O) groups is 2. The summed E-state index contributed by atoms with van der Waals surface area (Å²) in [5.41, 5.74) is 6.55. The lowest BCUT2D eigenvalue weighted by Gasteiger charge is -2.29. The number of benzene rings is 2. The van der Waals surface area contributed by atoms with Gasteiger partial charge in [-0.1, -0.05) is 18.2 Å². The minimum atomic E-state index is -0.657. The molecule has 3 N–H and O–H groups in total. The van der Waals surface area contributed by atoms with Crippen molar-refractivity contribution in [1.29, 1.82) is 0 Å². The van der Waals surface area contributed by atoms with Crippen molar-refractivity contribution in [3.8, 4) is 0 Å². The lowest BCUT2D eigenvalue weighted by Crippen LogP contribution is -2.42. The molecule has 1 aliphatic heterocycles. The van der Waals surface area contributed by atoms with E-state index in [2.05, 4.69) is 5.32 Å². The summed E-state index contributed by atoms with van der Waals surface area (Å²) in [6.07, 6.45) is 0. The summed E-state index contributed by atoms with van der Waals surface area (Å²) in [6.45, 7) is -0.133. The van der Waals surface area contributed by atoms with Gasteiger partial charge in [0.05, 0.1) is 22.6 Å². The zero-order valence-electron chi connectivity index (χ0n) is 11.0. The first kappa shape index (κ1) is 13.1. The van der Waals surface area contributed by atoms with Gasteiger partial charge in [-0.2, -0.15) is 0 Å². The SMILES string of the molecule is Nc1c(F)cccc1C(=O)N1CC(=O)Nc2ccccc21. The number of carbonyl (C=O) groups excluding carboxylic acids is 2. The zero-order chi connectivity index (χ0) is 15.0. The minimum Gasteiger partial charge on any atom is -0.396 e. The fraction of sp³-hybridized carbons (Fsp3) is 0.0667. The Hall–Kier alpha value is -2.89. The molecule has 21 heavy (non-hydrogen) atoms. The second-order valence-corrected chi connectivity index (χ2v) is 4.66. The van der Waals surface area contributed by atoms with Crippen LogP contribution in [0.2, 0.25) is 0 Å². The molecule has 0 radical (unpaired) electrons. The van der Waals surface area contributed by atoms with E-state index in [4.69, 9.17) is 5.73 Å². The average molecular weight is 285 g/mol. The molecule has 0 saturated heterocycles. The van der Waals surface area contributed by atoms with Gasteiger partial charge in [-0.25, -0.2) is 4.39 Å². The van der Waals surface area contributed by atoms with Crippen LogP contribution in [-0.2, 0) is 4.79 Å². The fourth-order valence-corrected chi connectivity index (χ4v) is 2.28. The first-order valence-corrected chi connectivity index (χ1v) is 6.32. The third kappa shape index (κ3) is 2.20. The molecule has 0 bridgehead atoms. The molecule has 0 unspecified atom stereocenters. The van der Waals surface area contributed by atoms with E-state index in [1.807, 2.05) is 0 Å². The molecule has 3 rings (SSSR count). The van der Waals surface area contributed by atoms with Crippen LogP contribution in [0.25, 0.3) is 0 Å². The third-order valence-corrected chi connectivity index (χ3v) is 3.30. The average Bonchev–Trinajstić information content (AvgIpc) is 2.48. The summed E-state index contributed by atoms with van der Waals surface area (Å²) in [5.74, 6) is -1.47. The quantitative estimate of drug-likeness (QED) is 0.787. The number of fused-ring (bicyclic) bond motifs is 1. The number of hydrogen-bond donors (Lipinski definition) is 2. The normalized spacial score (nSPS) is 13.6. The van der Waals surface area contributed by atoms with Gasteiger partial charge in [0.25, 0.3) is 5.91 Å². The maximum atomic E-state index is 13.5. The molecule has 1 heterocycles. The van der Waals surface area contributed by atoms with Crippen LogP contribution in [0, 0.1) is 5.82 Å². The molecule has 2 amide bonds. The Labute approximate surface area is 120 Å². The second kappa shape index (κ2) is 4.90. The van der Waals surface area contributed by atoms with E-state index in [1.165, 1.54) is 23.1 Å². The molecule has 106 valence electrons. The van der Waals surface area contributed by atoms with Crippen molar-refractivity contribution < 1.29 is 14.0 Å². The van der Waals surface area contributed by atoms with E-state index in [0.717, 1.165) is 0 Å². The van der Waals surface area contributed by atoms with Crippen LogP contribution in [0.1, 0.15) is 10.4 Å². The molecule has 5 nitrogen and oxygen atoms in total. The predicted octanol–water partition coefficient (Wildman–Crippen LogP) is 2.01. The summed E-state index contributed by atoms with van der Waals surface area (Å²) in [5, 5.41) is 2.68. The monoisotopic (exact) mass is 285 g/mol. The largest absolute Gasteiger partial charge is 0.396 e. The Bertz CT molecular complexity index is 745. The highest BCUT2D eigenvalue weighted by Gasteiger charge is 2.28. The van der Waals surface area contributed by atoms with Crippen molar-refractivity contribution in [2.24, 2.45) is 0 Å². The molecule has 2 aromatic carbocycles. The number of amides is 2. The van der Waals surface area contributed by atoms with Crippen molar-refractivity contribution in [3.05, 3.63) is 53.8 Å². The molecule has 0 atom stereocenters. The number of para-hydroxylation sites is 3. The van der Waals surface area contributed by atoms with Gasteiger partial charge in [-0.15, -0.1) is 0 Å². The highest BCUT2D eigenvalue weighted by atomic mass is 19.1. The van der Waals surface area contributed by atoms with E-state index in [-0.39, 0.29) is 23.7 Å². The van der Waals surface area contributed by atoms with Gasteiger partial charge in [-0.05, 0) is 24.3 Å². The summed E-state index contributed by atoms with van der Waals surface area (Å²) < 4.78 is 13.5. The van der Waals surface area contributed by atoms with Crippen LogP contribution in [-0.4, -0.2) is 18.4 Å². The molecule has 0 fully saturated rings. The van der Waals surface area contributed by atoms with E-state index in [9.17, 15) is 14.0 Å². The molecular formula is C15H12FN3O2. The topological polar surface area (TPSA) is 75.4 Å². The minimum absolute atomic E-state index is 0.0412. The van der Waals surface area contributed by atoms with Crippen LogP contribution in [0.4, 0.5) is 21.5 Å². The van der Waals surface area contributed by atoms with Crippen LogP contribution in [0.5, 0.6) is 0 Å². The Kier molecular flexibility index (Phi) is 3.06. The maximum absolute atomic E-state index is 13.5. The molecule has 0 spiro atoms. The van der Waals surface area contributed by atoms with Crippen LogP contribution >= 0.6 is 0 Å². The third-order valence-electron chi connectivity index (χ3n) is 3.30. The van der Waals surface area contributed by atoms with Gasteiger partial charge < -0.3 is 11.1 Å². The number of nitrogens with two attached hydrogens (primary N) is 1. The summed E-state index contributed by atoms with van der Waals surface area (Å²) in [7, 11) is 0. The lowest BCUT2D eigenvalue weighted by molar-refractivity contribution is -0.115. The van der Waals surface area contributed by atoms with Gasteiger partial charge >= 0.3 is 0 Å². The standard InChI is InChI=1S/C15H12FN3O2/c16-10-5-3-4-9(14(10)17)15(21)19-8-13(20)18-11-6-1-2-7-12(11)19/h1-7H,8,17H2,(H,18,20). The maximum Gasteiger partial charge on any atom is 0.261 e. The molecule has 6 heteroatoms. The molecule has 0 aliphatic carbocycles. The number of anilines is 3. The van der Waals surface area contributed by atoms with Gasteiger partial charge in [-0.3, -0.25) is 14.5 Å². The van der Waals surface area contributed by atoms with E-state index in [0.29, 0.717) is 11.4 Å². The van der Waals surface area contributed by atoms with Gasteiger partial charge in [0.2, 0.25) is 5.91 Å². The van der Waals surface area contributed by atoms with Gasteiger partial charge in [0, 0.05) is 0 Å². The predicted molar refractivity (Wildman–Crippen MR) is 77.6 cm³/mol. The van der Waals surface area contributed by atoms with Crippen molar-refractivity contribution >= 4 is 28.9 Å². The van der Waals surface area contributed by atoms with E-state index in [1.54, 1.807) is 24.3 Å². The molecule has 0 saturated carbocycles. The Morgan fingerprint density at radius 2 is 1.95 bits per heavy atom. The van der Waals surface area contributed by atoms with Crippen LogP contribution in [0.15, 0.2) is 42.5 Å². The summed E-state index contributed by atoms with van der Waals surface area (Å²) in [6, 6.07) is 11.0. The van der Waals surface area contributed by atoms with Crippen LogP contribution in [0.3, 0.4) is 0 Å². The number of nitrogens with zero attached hydrogens (tertiary/aromatic N) is 1. The second-order valence-electron chi connectivity index (χ2n) is 4.66. The highest BCUT2D eigenvalue weighted by molar-refractivity contribution is 6.16. The molecule has 1 aliphatic rings. The number of nitrogen functional groups attached to an aromatic ring is 1. The Balaban J connectivity index is 2.06. The Morgan fingerprint density at radius 1 is 1.19 bits per heavy atom. The van der Waals surface area contributed by atoms with E-state index < -0.39 is 11.7 Å². The Morgan fingerprint density at radius 3 is 2.76 bits per heavy atom. The number of rotatable bonds is 1. The number of halogens is 1. The number of hydrogen-bond acceptors (Lipinski definition) is 3. The summed E-state index contributed by atoms with van der Waals surface area (Å²) in [4.78, 5) is 25.6. The van der Waals surface area contributed by atoms with Crippen molar-refractivity contribution in [1.82, 2.24) is 0 Å². The van der Waals surface area contributed by atoms with Crippen molar-refractivity contribution in [3.63, 3.8) is 0 Å². The smallest absolute Gasteiger partial charge is 0.261 e. The van der Waals surface area contributed by atoms with Crippen molar-refractivity contribution in [2.75, 3.05) is 22.5 Å². The highest BCUT2D eigenvalue weighted by Crippen LogP contribution is 2.31. The van der Waals surface area contributed by atoms with Crippen molar-refractivity contribution in [2.45, 2.75) is 0 Å². The van der Waals surface area contributed by atoms with Crippen LogP contribution < -0.4 is 16.0 Å². The molecule has 0 aromatic heterocycles.